The highest BCUT2D eigenvalue weighted by molar-refractivity contribution is 6.18. The minimum Gasteiger partial charge on any atom is -0.481 e. The predicted octanol–water partition coefficient (Wildman–Crippen LogP) is 3.86. The number of anilines is 1. The molecule has 1 aromatic carbocycles. The number of halogens is 2. The fourth-order valence-electron chi connectivity index (χ4n) is 2.30. The van der Waals surface area contributed by atoms with E-state index in [0.717, 1.165) is 29.9 Å². The average Bonchev–Trinajstić information content (AvgIpc) is 2.38. The average molecular weight is 318 g/mol. The van der Waals surface area contributed by atoms with Crippen LogP contribution in [0.1, 0.15) is 30.4 Å². The second-order valence-corrected chi connectivity index (χ2v) is 5.66. The molecule has 20 heavy (non-hydrogen) atoms. The molecule has 0 bridgehead atoms. The summed E-state index contributed by atoms with van der Waals surface area (Å²) in [5.41, 5.74) is 3.22. The van der Waals surface area contributed by atoms with Crippen LogP contribution in [-0.4, -0.2) is 35.9 Å². The molecular weight excluding hydrogens is 297 g/mol. The van der Waals surface area contributed by atoms with E-state index in [1.54, 1.807) is 0 Å². The number of hydrogen-bond donors (Lipinski definition) is 1. The summed E-state index contributed by atoms with van der Waals surface area (Å²) in [5, 5.41) is 8.94. The van der Waals surface area contributed by atoms with Gasteiger partial charge in [0, 0.05) is 30.5 Å². The number of rotatable bonds is 8. The second-order valence-electron chi connectivity index (χ2n) is 4.90. The lowest BCUT2D eigenvalue weighted by Gasteiger charge is -2.25. The van der Waals surface area contributed by atoms with Crippen LogP contribution >= 0.6 is 23.2 Å². The van der Waals surface area contributed by atoms with Gasteiger partial charge in [-0.05, 0) is 36.1 Å². The first kappa shape index (κ1) is 17.1. The topological polar surface area (TPSA) is 40.5 Å². The van der Waals surface area contributed by atoms with Crippen LogP contribution in [0, 0.1) is 6.92 Å². The van der Waals surface area contributed by atoms with Crippen LogP contribution in [0.2, 0.25) is 0 Å². The lowest BCUT2D eigenvalue weighted by atomic mass is 9.93. The minimum absolute atomic E-state index is 0.0127. The molecule has 0 fully saturated rings. The van der Waals surface area contributed by atoms with Crippen molar-refractivity contribution in [1.82, 2.24) is 0 Å². The van der Waals surface area contributed by atoms with Gasteiger partial charge in [-0.2, -0.15) is 0 Å². The third-order valence-electron chi connectivity index (χ3n) is 3.35. The van der Waals surface area contributed by atoms with Gasteiger partial charge in [0.25, 0.3) is 0 Å². The predicted molar refractivity (Wildman–Crippen MR) is 85.5 cm³/mol. The Morgan fingerprint density at radius 1 is 1.30 bits per heavy atom. The molecule has 1 atom stereocenters. The molecule has 0 spiro atoms. The van der Waals surface area contributed by atoms with Gasteiger partial charge in [-0.1, -0.05) is 13.0 Å². The Labute approximate surface area is 130 Å². The molecule has 0 aliphatic carbocycles. The molecule has 1 N–H and O–H groups in total. The molecule has 0 aromatic heterocycles. The largest absolute Gasteiger partial charge is 0.481 e. The molecule has 112 valence electrons. The maximum atomic E-state index is 10.9. The van der Waals surface area contributed by atoms with E-state index >= 15 is 0 Å². The quantitative estimate of drug-likeness (QED) is 0.740. The van der Waals surface area contributed by atoms with E-state index in [4.69, 9.17) is 28.3 Å². The fraction of sp³-hybridized carbons (Fsp3) is 0.533. The lowest BCUT2D eigenvalue weighted by molar-refractivity contribution is -0.137. The second kappa shape index (κ2) is 8.38. The smallest absolute Gasteiger partial charge is 0.303 e. The molecular formula is C15H21Cl2NO2. The number of aliphatic carboxylic acids is 1. The normalized spacial score (nSPS) is 12.2. The summed E-state index contributed by atoms with van der Waals surface area (Å²) < 4.78 is 0. The van der Waals surface area contributed by atoms with Crippen molar-refractivity contribution in [3.63, 3.8) is 0 Å². The van der Waals surface area contributed by atoms with Crippen molar-refractivity contribution < 1.29 is 9.90 Å². The Balaban J connectivity index is 3.02. The summed E-state index contributed by atoms with van der Waals surface area (Å²) in [6, 6.07) is 6.12. The van der Waals surface area contributed by atoms with Gasteiger partial charge >= 0.3 is 5.97 Å². The van der Waals surface area contributed by atoms with Crippen molar-refractivity contribution in [2.45, 2.75) is 26.2 Å². The SMILES string of the molecule is Cc1ccc(N(CCCl)CCCl)cc1C(C)CC(=O)O. The van der Waals surface area contributed by atoms with Gasteiger partial charge in [-0.15, -0.1) is 23.2 Å². The van der Waals surface area contributed by atoms with Crippen molar-refractivity contribution in [1.29, 1.82) is 0 Å². The highest BCUT2D eigenvalue weighted by atomic mass is 35.5. The summed E-state index contributed by atoms with van der Waals surface area (Å²) in [5.74, 6) is 0.275. The first-order valence-corrected chi connectivity index (χ1v) is 7.75. The first-order chi connectivity index (χ1) is 9.49. The number of hydrogen-bond acceptors (Lipinski definition) is 2. The van der Waals surface area contributed by atoms with Crippen molar-refractivity contribution in [2.75, 3.05) is 29.7 Å². The highest BCUT2D eigenvalue weighted by Crippen LogP contribution is 2.27. The standard InChI is InChI=1S/C15H21Cl2NO2/c1-11-3-4-13(18(7-5-16)8-6-17)10-14(11)12(2)9-15(19)20/h3-4,10,12H,5-9H2,1-2H3,(H,19,20). The molecule has 0 saturated heterocycles. The Hall–Kier alpha value is -0.930. The van der Waals surface area contributed by atoms with Crippen molar-refractivity contribution in [3.8, 4) is 0 Å². The van der Waals surface area contributed by atoms with Crippen LogP contribution in [0.5, 0.6) is 0 Å². The molecule has 5 heteroatoms. The molecule has 0 heterocycles. The zero-order valence-electron chi connectivity index (χ0n) is 11.9. The summed E-state index contributed by atoms with van der Waals surface area (Å²) in [6.45, 7) is 5.40. The van der Waals surface area contributed by atoms with E-state index in [0.29, 0.717) is 11.8 Å². The van der Waals surface area contributed by atoms with Crippen LogP contribution in [0.3, 0.4) is 0 Å². The van der Waals surface area contributed by atoms with E-state index in [1.807, 2.05) is 26.0 Å². The summed E-state index contributed by atoms with van der Waals surface area (Å²) in [4.78, 5) is 13.0. The summed E-state index contributed by atoms with van der Waals surface area (Å²) in [6.07, 6.45) is 0.134. The minimum atomic E-state index is -0.777. The van der Waals surface area contributed by atoms with Gasteiger partial charge in [-0.3, -0.25) is 4.79 Å². The zero-order chi connectivity index (χ0) is 15.1. The van der Waals surface area contributed by atoms with Crippen LogP contribution in [0.25, 0.3) is 0 Å². The maximum Gasteiger partial charge on any atom is 0.303 e. The van der Waals surface area contributed by atoms with E-state index in [2.05, 4.69) is 11.0 Å². The van der Waals surface area contributed by atoms with Crippen LogP contribution < -0.4 is 4.90 Å². The van der Waals surface area contributed by atoms with Crippen LogP contribution in [0.15, 0.2) is 18.2 Å². The van der Waals surface area contributed by atoms with Gasteiger partial charge in [0.15, 0.2) is 0 Å². The van der Waals surface area contributed by atoms with Crippen LogP contribution in [-0.2, 0) is 4.79 Å². The van der Waals surface area contributed by atoms with Gasteiger partial charge in [0.05, 0.1) is 6.42 Å². The number of aryl methyl sites for hydroxylation is 1. The number of carboxylic acids is 1. The van der Waals surface area contributed by atoms with E-state index in [1.165, 1.54) is 0 Å². The molecule has 1 aromatic rings. The van der Waals surface area contributed by atoms with Gasteiger partial charge in [0.1, 0.15) is 0 Å². The molecule has 3 nitrogen and oxygen atoms in total. The Bertz CT molecular complexity index is 445. The van der Waals surface area contributed by atoms with Crippen molar-refractivity contribution >= 4 is 34.9 Å². The molecule has 1 unspecified atom stereocenters. The monoisotopic (exact) mass is 317 g/mol. The molecule has 0 saturated carbocycles. The van der Waals surface area contributed by atoms with E-state index in [9.17, 15) is 4.79 Å². The number of carboxylic acid groups (broad SMARTS) is 1. The van der Waals surface area contributed by atoms with E-state index in [-0.39, 0.29) is 12.3 Å². The number of alkyl halides is 2. The van der Waals surface area contributed by atoms with Gasteiger partial charge < -0.3 is 10.0 Å². The molecule has 0 amide bonds. The Morgan fingerprint density at radius 3 is 2.40 bits per heavy atom. The number of carbonyl (C=O) groups is 1. The number of benzene rings is 1. The Kier molecular flexibility index (Phi) is 7.17. The zero-order valence-corrected chi connectivity index (χ0v) is 13.4. The van der Waals surface area contributed by atoms with Gasteiger partial charge in [0.2, 0.25) is 0 Å². The molecule has 0 radical (unpaired) electrons. The summed E-state index contributed by atoms with van der Waals surface area (Å²) in [7, 11) is 0. The molecule has 0 aliphatic heterocycles. The molecule has 1 rings (SSSR count). The maximum absolute atomic E-state index is 10.9. The van der Waals surface area contributed by atoms with Gasteiger partial charge in [-0.25, -0.2) is 0 Å². The number of nitrogens with zero attached hydrogens (tertiary/aromatic N) is 1. The van der Waals surface area contributed by atoms with Crippen molar-refractivity contribution in [3.05, 3.63) is 29.3 Å². The van der Waals surface area contributed by atoms with E-state index < -0.39 is 5.97 Å². The van der Waals surface area contributed by atoms with Crippen molar-refractivity contribution in [2.24, 2.45) is 0 Å². The third-order valence-corrected chi connectivity index (χ3v) is 3.69. The van der Waals surface area contributed by atoms with Crippen LogP contribution in [0.4, 0.5) is 5.69 Å². The summed E-state index contributed by atoms with van der Waals surface area (Å²) >= 11 is 11.6. The fourth-order valence-corrected chi connectivity index (χ4v) is 2.71. The third kappa shape index (κ3) is 4.88. The molecule has 0 aliphatic rings. The Morgan fingerprint density at radius 2 is 1.90 bits per heavy atom. The lowest BCUT2D eigenvalue weighted by Crippen LogP contribution is -2.27. The first-order valence-electron chi connectivity index (χ1n) is 6.68. The highest BCUT2D eigenvalue weighted by Gasteiger charge is 2.15.